The highest BCUT2D eigenvalue weighted by atomic mass is 32.2. The standard InChI is InChI=1S/C17H17N3O2S/c1-12(14-5-3-4-6-15(14)22-2)20-16(21)11-23-17-9-13(10-18)7-8-19-17/h3-9,12H,11H2,1-2H3,(H,20,21)/t12-/m0/s1. The number of nitriles is 1. The normalized spacial score (nSPS) is 11.3. The van der Waals surface area contributed by atoms with E-state index >= 15 is 0 Å². The van der Waals surface area contributed by atoms with E-state index in [1.807, 2.05) is 31.2 Å². The molecule has 1 atom stereocenters. The maximum absolute atomic E-state index is 12.1. The zero-order chi connectivity index (χ0) is 16.7. The van der Waals surface area contributed by atoms with Crippen LogP contribution in [0, 0.1) is 11.3 Å². The molecule has 1 heterocycles. The molecule has 0 saturated carbocycles. The Labute approximate surface area is 139 Å². The van der Waals surface area contributed by atoms with Gasteiger partial charge in [-0.05, 0) is 25.1 Å². The number of nitrogens with one attached hydrogen (secondary N) is 1. The highest BCUT2D eigenvalue weighted by Crippen LogP contribution is 2.24. The fourth-order valence-corrected chi connectivity index (χ4v) is 2.79. The summed E-state index contributed by atoms with van der Waals surface area (Å²) in [5.74, 6) is 0.885. The fraction of sp³-hybridized carbons (Fsp3) is 0.235. The molecule has 0 radical (unpaired) electrons. The molecule has 2 aromatic rings. The summed E-state index contributed by atoms with van der Waals surface area (Å²) in [5, 5.41) is 12.4. The van der Waals surface area contributed by atoms with Crippen molar-refractivity contribution in [1.82, 2.24) is 10.3 Å². The summed E-state index contributed by atoms with van der Waals surface area (Å²) in [4.78, 5) is 16.2. The van der Waals surface area contributed by atoms with Gasteiger partial charge in [-0.3, -0.25) is 4.79 Å². The molecule has 1 N–H and O–H groups in total. The van der Waals surface area contributed by atoms with Gasteiger partial charge in [0.25, 0.3) is 0 Å². The predicted octanol–water partition coefficient (Wildman–Crippen LogP) is 2.93. The van der Waals surface area contributed by atoms with E-state index < -0.39 is 0 Å². The molecular formula is C17H17N3O2S. The molecule has 2 rings (SSSR count). The van der Waals surface area contributed by atoms with E-state index in [0.717, 1.165) is 11.3 Å². The lowest BCUT2D eigenvalue weighted by Gasteiger charge is -2.17. The molecule has 0 unspecified atom stereocenters. The second-order valence-electron chi connectivity index (χ2n) is 4.81. The van der Waals surface area contributed by atoms with Crippen molar-refractivity contribution >= 4 is 17.7 Å². The van der Waals surface area contributed by atoms with Crippen LogP contribution >= 0.6 is 11.8 Å². The SMILES string of the molecule is COc1ccccc1[C@H](C)NC(=O)CSc1cc(C#N)ccn1. The summed E-state index contributed by atoms with van der Waals surface area (Å²) >= 11 is 1.30. The lowest BCUT2D eigenvalue weighted by Crippen LogP contribution is -2.28. The molecule has 6 heteroatoms. The first-order chi connectivity index (χ1) is 11.1. The van der Waals surface area contributed by atoms with E-state index in [9.17, 15) is 4.79 Å². The van der Waals surface area contributed by atoms with Crippen LogP contribution in [-0.4, -0.2) is 23.8 Å². The second-order valence-corrected chi connectivity index (χ2v) is 5.81. The number of thioether (sulfide) groups is 1. The number of amides is 1. The van der Waals surface area contributed by atoms with Crippen molar-refractivity contribution in [1.29, 1.82) is 5.26 Å². The minimum atomic E-state index is -0.155. The lowest BCUT2D eigenvalue weighted by molar-refractivity contribution is -0.119. The largest absolute Gasteiger partial charge is 0.496 e. The van der Waals surface area contributed by atoms with Crippen LogP contribution in [0.15, 0.2) is 47.6 Å². The number of aromatic nitrogens is 1. The van der Waals surface area contributed by atoms with Gasteiger partial charge in [0.1, 0.15) is 5.75 Å². The van der Waals surface area contributed by atoms with Crippen LogP contribution in [0.1, 0.15) is 24.1 Å². The first-order valence-electron chi connectivity index (χ1n) is 7.05. The van der Waals surface area contributed by atoms with E-state index in [4.69, 9.17) is 10.00 Å². The highest BCUT2D eigenvalue weighted by Gasteiger charge is 2.13. The van der Waals surface area contributed by atoms with Crippen molar-refractivity contribution in [2.24, 2.45) is 0 Å². The molecule has 1 amide bonds. The Balaban J connectivity index is 1.93. The summed E-state index contributed by atoms with van der Waals surface area (Å²) in [7, 11) is 1.61. The average molecular weight is 327 g/mol. The topological polar surface area (TPSA) is 75.0 Å². The number of nitrogens with zero attached hydrogens (tertiary/aromatic N) is 2. The smallest absolute Gasteiger partial charge is 0.230 e. The van der Waals surface area contributed by atoms with E-state index in [1.54, 1.807) is 25.4 Å². The zero-order valence-electron chi connectivity index (χ0n) is 12.9. The summed E-state index contributed by atoms with van der Waals surface area (Å²) in [6, 6.07) is 12.8. The first kappa shape index (κ1) is 16.8. The Kier molecular flexibility index (Phi) is 6.01. The Morgan fingerprint density at radius 1 is 1.43 bits per heavy atom. The van der Waals surface area contributed by atoms with Gasteiger partial charge >= 0.3 is 0 Å². The van der Waals surface area contributed by atoms with Crippen LogP contribution in [-0.2, 0) is 4.79 Å². The molecular weight excluding hydrogens is 310 g/mol. The van der Waals surface area contributed by atoms with Gasteiger partial charge in [-0.15, -0.1) is 0 Å². The lowest BCUT2D eigenvalue weighted by atomic mass is 10.1. The Morgan fingerprint density at radius 2 is 2.22 bits per heavy atom. The van der Waals surface area contributed by atoms with Gasteiger partial charge in [-0.1, -0.05) is 30.0 Å². The van der Waals surface area contributed by atoms with Gasteiger partial charge in [0.15, 0.2) is 0 Å². The number of hydrogen-bond acceptors (Lipinski definition) is 5. The van der Waals surface area contributed by atoms with Crippen LogP contribution in [0.3, 0.4) is 0 Å². The molecule has 1 aromatic heterocycles. The van der Waals surface area contributed by atoms with Crippen molar-refractivity contribution < 1.29 is 9.53 Å². The molecule has 0 bridgehead atoms. The predicted molar refractivity (Wildman–Crippen MR) is 89.2 cm³/mol. The van der Waals surface area contributed by atoms with Crippen molar-refractivity contribution in [2.45, 2.75) is 18.0 Å². The number of carbonyl (C=O) groups is 1. The quantitative estimate of drug-likeness (QED) is 0.826. The van der Waals surface area contributed by atoms with E-state index in [2.05, 4.69) is 16.4 Å². The summed E-state index contributed by atoms with van der Waals surface area (Å²) in [6.07, 6.45) is 1.57. The molecule has 0 spiro atoms. The van der Waals surface area contributed by atoms with Gasteiger partial charge in [0, 0.05) is 11.8 Å². The average Bonchev–Trinajstić information content (AvgIpc) is 2.60. The highest BCUT2D eigenvalue weighted by molar-refractivity contribution is 7.99. The van der Waals surface area contributed by atoms with E-state index in [0.29, 0.717) is 10.6 Å². The molecule has 0 aliphatic rings. The summed E-state index contributed by atoms with van der Waals surface area (Å²) in [5.41, 5.74) is 1.46. The number of carbonyl (C=O) groups excluding carboxylic acids is 1. The minimum absolute atomic E-state index is 0.0995. The van der Waals surface area contributed by atoms with Gasteiger partial charge < -0.3 is 10.1 Å². The zero-order valence-corrected chi connectivity index (χ0v) is 13.8. The van der Waals surface area contributed by atoms with Gasteiger partial charge in [0.05, 0.1) is 35.6 Å². The van der Waals surface area contributed by atoms with Crippen molar-refractivity contribution in [2.75, 3.05) is 12.9 Å². The van der Waals surface area contributed by atoms with Crippen LogP contribution in [0.2, 0.25) is 0 Å². The Hall–Kier alpha value is -2.52. The number of methoxy groups -OCH3 is 1. The number of hydrogen-bond donors (Lipinski definition) is 1. The second kappa shape index (κ2) is 8.20. The van der Waals surface area contributed by atoms with Crippen LogP contribution in [0.4, 0.5) is 0 Å². The van der Waals surface area contributed by atoms with Crippen LogP contribution < -0.4 is 10.1 Å². The molecule has 0 aliphatic heterocycles. The number of ether oxygens (including phenoxy) is 1. The van der Waals surface area contributed by atoms with Gasteiger partial charge in [-0.2, -0.15) is 5.26 Å². The number of pyridine rings is 1. The fourth-order valence-electron chi connectivity index (χ4n) is 2.08. The Morgan fingerprint density at radius 3 is 2.96 bits per heavy atom. The number of rotatable bonds is 6. The molecule has 0 saturated heterocycles. The van der Waals surface area contributed by atoms with E-state index in [-0.39, 0.29) is 17.7 Å². The monoisotopic (exact) mass is 327 g/mol. The number of benzene rings is 1. The molecule has 23 heavy (non-hydrogen) atoms. The van der Waals surface area contributed by atoms with Crippen molar-refractivity contribution in [3.8, 4) is 11.8 Å². The Bertz CT molecular complexity index is 728. The van der Waals surface area contributed by atoms with Crippen molar-refractivity contribution in [3.05, 3.63) is 53.7 Å². The maximum Gasteiger partial charge on any atom is 0.230 e. The van der Waals surface area contributed by atoms with Gasteiger partial charge in [0.2, 0.25) is 5.91 Å². The summed E-state index contributed by atoms with van der Waals surface area (Å²) in [6.45, 7) is 1.91. The maximum atomic E-state index is 12.1. The number of para-hydroxylation sites is 1. The molecule has 0 fully saturated rings. The van der Waals surface area contributed by atoms with E-state index in [1.165, 1.54) is 11.8 Å². The van der Waals surface area contributed by atoms with Gasteiger partial charge in [-0.25, -0.2) is 4.98 Å². The first-order valence-corrected chi connectivity index (χ1v) is 8.04. The minimum Gasteiger partial charge on any atom is -0.496 e. The molecule has 1 aromatic carbocycles. The van der Waals surface area contributed by atoms with Crippen LogP contribution in [0.5, 0.6) is 5.75 Å². The van der Waals surface area contributed by atoms with Crippen LogP contribution in [0.25, 0.3) is 0 Å². The summed E-state index contributed by atoms with van der Waals surface area (Å²) < 4.78 is 5.31. The third kappa shape index (κ3) is 4.73. The van der Waals surface area contributed by atoms with Crippen molar-refractivity contribution in [3.63, 3.8) is 0 Å². The third-order valence-electron chi connectivity index (χ3n) is 3.20. The molecule has 118 valence electrons. The molecule has 5 nitrogen and oxygen atoms in total. The third-order valence-corrected chi connectivity index (χ3v) is 4.12. The molecule has 0 aliphatic carbocycles.